The summed E-state index contributed by atoms with van der Waals surface area (Å²) in [5.74, 6) is -1.53. The number of benzene rings is 1. The molecule has 0 radical (unpaired) electrons. The SMILES string of the molecule is O=C(O)CC1CN(C(=O)c2nn[nH]n2)c2ccccc21. The van der Waals surface area contributed by atoms with Gasteiger partial charge in [-0.25, -0.2) is 0 Å². The highest BCUT2D eigenvalue weighted by atomic mass is 16.4. The van der Waals surface area contributed by atoms with Gasteiger partial charge in [0.1, 0.15) is 0 Å². The second-order valence-corrected chi connectivity index (χ2v) is 4.50. The standard InChI is InChI=1S/C12H11N5O3/c18-10(19)5-7-6-17(9-4-2-1-3-8(7)9)12(20)11-13-15-16-14-11/h1-4,7H,5-6H2,(H,18,19)(H,13,14,15,16). The number of hydrogen-bond donors (Lipinski definition) is 2. The van der Waals surface area contributed by atoms with Gasteiger partial charge in [-0.1, -0.05) is 18.2 Å². The smallest absolute Gasteiger partial charge is 0.304 e. The number of aromatic amines is 1. The van der Waals surface area contributed by atoms with Crippen LogP contribution in [-0.4, -0.2) is 44.2 Å². The second kappa shape index (κ2) is 4.72. The first-order valence-corrected chi connectivity index (χ1v) is 6.03. The summed E-state index contributed by atoms with van der Waals surface area (Å²) in [6.07, 6.45) is -0.0208. The number of amides is 1. The van der Waals surface area contributed by atoms with Crippen molar-refractivity contribution in [3.63, 3.8) is 0 Å². The van der Waals surface area contributed by atoms with E-state index in [2.05, 4.69) is 20.6 Å². The monoisotopic (exact) mass is 273 g/mol. The fourth-order valence-electron chi connectivity index (χ4n) is 2.45. The predicted molar refractivity (Wildman–Crippen MR) is 67.3 cm³/mol. The van der Waals surface area contributed by atoms with Crippen LogP contribution in [0, 0.1) is 0 Å². The van der Waals surface area contributed by atoms with Crippen molar-refractivity contribution in [1.29, 1.82) is 0 Å². The topological polar surface area (TPSA) is 112 Å². The maximum Gasteiger partial charge on any atom is 0.304 e. The Labute approximate surface area is 113 Å². The largest absolute Gasteiger partial charge is 0.481 e. The highest BCUT2D eigenvalue weighted by Gasteiger charge is 2.35. The number of carboxylic acid groups (broad SMARTS) is 1. The number of rotatable bonds is 3. The molecule has 2 N–H and O–H groups in total. The van der Waals surface area contributed by atoms with Crippen LogP contribution in [0.25, 0.3) is 0 Å². The van der Waals surface area contributed by atoms with Gasteiger partial charge in [-0.15, -0.1) is 10.2 Å². The minimum atomic E-state index is -0.890. The van der Waals surface area contributed by atoms with Crippen molar-refractivity contribution in [1.82, 2.24) is 20.6 Å². The molecule has 1 aliphatic heterocycles. The summed E-state index contributed by atoms with van der Waals surface area (Å²) < 4.78 is 0. The van der Waals surface area contributed by atoms with Gasteiger partial charge in [0.25, 0.3) is 11.7 Å². The zero-order valence-corrected chi connectivity index (χ0v) is 10.4. The lowest BCUT2D eigenvalue weighted by atomic mass is 9.98. The summed E-state index contributed by atoms with van der Waals surface area (Å²) in [5, 5.41) is 21.9. The molecule has 20 heavy (non-hydrogen) atoms. The molecule has 102 valence electrons. The lowest BCUT2D eigenvalue weighted by molar-refractivity contribution is -0.137. The van der Waals surface area contributed by atoms with E-state index in [9.17, 15) is 9.59 Å². The maximum absolute atomic E-state index is 12.3. The molecule has 3 rings (SSSR count). The van der Waals surface area contributed by atoms with Crippen molar-refractivity contribution in [3.05, 3.63) is 35.7 Å². The first kappa shape index (κ1) is 12.3. The Morgan fingerprint density at radius 3 is 2.90 bits per heavy atom. The van der Waals surface area contributed by atoms with Crippen molar-refractivity contribution in [2.45, 2.75) is 12.3 Å². The number of carboxylic acids is 1. The fourth-order valence-corrected chi connectivity index (χ4v) is 2.45. The average molecular weight is 273 g/mol. The molecule has 0 spiro atoms. The Morgan fingerprint density at radius 2 is 2.20 bits per heavy atom. The Bertz CT molecular complexity index is 655. The van der Waals surface area contributed by atoms with Crippen molar-refractivity contribution in [3.8, 4) is 0 Å². The van der Waals surface area contributed by atoms with Crippen LogP contribution in [0.4, 0.5) is 5.69 Å². The zero-order chi connectivity index (χ0) is 14.1. The number of para-hydroxylation sites is 1. The predicted octanol–water partition coefficient (Wildman–Crippen LogP) is 0.418. The number of anilines is 1. The van der Waals surface area contributed by atoms with Crippen molar-refractivity contribution < 1.29 is 14.7 Å². The molecule has 1 unspecified atom stereocenters. The molecule has 8 nitrogen and oxygen atoms in total. The number of hydrogen-bond acceptors (Lipinski definition) is 5. The quantitative estimate of drug-likeness (QED) is 0.838. The molecule has 0 saturated carbocycles. The van der Waals surface area contributed by atoms with E-state index in [0.717, 1.165) is 5.56 Å². The van der Waals surface area contributed by atoms with Gasteiger partial charge in [-0.2, -0.15) is 5.21 Å². The number of nitrogens with zero attached hydrogens (tertiary/aromatic N) is 4. The first-order valence-electron chi connectivity index (χ1n) is 6.03. The highest BCUT2D eigenvalue weighted by molar-refractivity contribution is 6.05. The molecule has 1 aromatic carbocycles. The van der Waals surface area contributed by atoms with Gasteiger partial charge in [0.05, 0.1) is 6.42 Å². The fraction of sp³-hybridized carbons (Fsp3) is 0.250. The summed E-state index contributed by atoms with van der Waals surface area (Å²) >= 11 is 0. The van der Waals surface area contributed by atoms with Gasteiger partial charge in [-0.3, -0.25) is 9.59 Å². The molecular weight excluding hydrogens is 262 g/mol. The third-order valence-electron chi connectivity index (χ3n) is 3.27. The summed E-state index contributed by atoms with van der Waals surface area (Å²) in [7, 11) is 0. The molecule has 8 heteroatoms. The van der Waals surface area contributed by atoms with E-state index in [-0.39, 0.29) is 24.1 Å². The van der Waals surface area contributed by atoms with Crippen molar-refractivity contribution in [2.75, 3.05) is 11.4 Å². The van der Waals surface area contributed by atoms with Crippen molar-refractivity contribution >= 4 is 17.6 Å². The number of aliphatic carboxylic acids is 1. The van der Waals surface area contributed by atoms with Crippen LogP contribution in [0.15, 0.2) is 24.3 Å². The van der Waals surface area contributed by atoms with Crippen LogP contribution >= 0.6 is 0 Å². The number of tetrazole rings is 1. The Hall–Kier alpha value is -2.77. The normalized spacial score (nSPS) is 17.0. The van der Waals surface area contributed by atoms with E-state index < -0.39 is 5.97 Å². The number of carbonyl (C=O) groups excluding carboxylic acids is 1. The molecule has 1 aromatic heterocycles. The van der Waals surface area contributed by atoms with E-state index in [0.29, 0.717) is 12.2 Å². The molecule has 1 amide bonds. The van der Waals surface area contributed by atoms with Gasteiger partial charge >= 0.3 is 5.97 Å². The van der Waals surface area contributed by atoms with Gasteiger partial charge in [0.15, 0.2) is 0 Å². The molecule has 0 saturated heterocycles. The summed E-state index contributed by atoms with van der Waals surface area (Å²) in [6.45, 7) is 0.305. The summed E-state index contributed by atoms with van der Waals surface area (Å²) in [6, 6.07) is 7.26. The van der Waals surface area contributed by atoms with Crippen LogP contribution in [0.5, 0.6) is 0 Å². The van der Waals surface area contributed by atoms with E-state index in [1.165, 1.54) is 4.90 Å². The Kier molecular flexibility index (Phi) is 2.90. The lowest BCUT2D eigenvalue weighted by Gasteiger charge is -2.15. The molecule has 1 aliphatic rings. The third kappa shape index (κ3) is 2.00. The maximum atomic E-state index is 12.3. The minimum absolute atomic E-state index is 0.0208. The van der Waals surface area contributed by atoms with Crippen LogP contribution in [0.1, 0.15) is 28.5 Å². The molecule has 0 aliphatic carbocycles. The summed E-state index contributed by atoms with van der Waals surface area (Å²) in [4.78, 5) is 24.7. The first-order chi connectivity index (χ1) is 9.66. The van der Waals surface area contributed by atoms with Gasteiger partial charge in [0, 0.05) is 18.2 Å². The second-order valence-electron chi connectivity index (χ2n) is 4.50. The van der Waals surface area contributed by atoms with E-state index in [1.807, 2.05) is 12.1 Å². The van der Waals surface area contributed by atoms with Crippen LogP contribution in [0.3, 0.4) is 0 Å². The Morgan fingerprint density at radius 1 is 1.40 bits per heavy atom. The number of fused-ring (bicyclic) bond motifs is 1. The molecule has 2 aromatic rings. The molecule has 0 bridgehead atoms. The zero-order valence-electron chi connectivity index (χ0n) is 10.4. The summed E-state index contributed by atoms with van der Waals surface area (Å²) in [5.41, 5.74) is 1.56. The Balaban J connectivity index is 1.94. The molecule has 0 fully saturated rings. The third-order valence-corrected chi connectivity index (χ3v) is 3.27. The van der Waals surface area contributed by atoms with Gasteiger partial charge in [-0.05, 0) is 16.8 Å². The number of aromatic nitrogens is 4. The molecule has 2 heterocycles. The minimum Gasteiger partial charge on any atom is -0.481 e. The number of nitrogens with one attached hydrogen (secondary N) is 1. The average Bonchev–Trinajstić information content (AvgIpc) is 3.06. The van der Waals surface area contributed by atoms with Gasteiger partial charge < -0.3 is 10.0 Å². The highest BCUT2D eigenvalue weighted by Crippen LogP contribution is 2.38. The lowest BCUT2D eigenvalue weighted by Crippen LogP contribution is -2.31. The van der Waals surface area contributed by atoms with Crippen LogP contribution in [0.2, 0.25) is 0 Å². The van der Waals surface area contributed by atoms with Crippen LogP contribution in [-0.2, 0) is 4.79 Å². The van der Waals surface area contributed by atoms with E-state index >= 15 is 0 Å². The number of carbonyl (C=O) groups is 2. The van der Waals surface area contributed by atoms with Gasteiger partial charge in [0.2, 0.25) is 0 Å². The molecule has 1 atom stereocenters. The van der Waals surface area contributed by atoms with Crippen LogP contribution < -0.4 is 4.90 Å². The van der Waals surface area contributed by atoms with Crippen molar-refractivity contribution in [2.24, 2.45) is 0 Å². The number of H-pyrrole nitrogens is 1. The molecular formula is C12H11N5O3. The van der Waals surface area contributed by atoms with E-state index in [4.69, 9.17) is 5.11 Å². The van der Waals surface area contributed by atoms with E-state index in [1.54, 1.807) is 12.1 Å².